The van der Waals surface area contributed by atoms with Crippen LogP contribution >= 0.6 is 19.2 Å². The third kappa shape index (κ3) is 3.90. The van der Waals surface area contributed by atoms with Crippen LogP contribution in [-0.2, 0) is 4.57 Å². The van der Waals surface area contributed by atoms with Gasteiger partial charge >= 0.3 is 7.60 Å². The summed E-state index contributed by atoms with van der Waals surface area (Å²) < 4.78 is 12.0. The van der Waals surface area contributed by atoms with Gasteiger partial charge in [0.1, 0.15) is 0 Å². The Hall–Kier alpha value is -1.32. The van der Waals surface area contributed by atoms with Crippen LogP contribution in [0.5, 0.6) is 0 Å². The molecule has 6 heteroatoms. The number of nitrogens with one attached hydrogen (secondary N) is 1. The van der Waals surface area contributed by atoms with Gasteiger partial charge in [-0.05, 0) is 67.3 Å². The van der Waals surface area contributed by atoms with Gasteiger partial charge in [-0.15, -0.1) is 0 Å². The van der Waals surface area contributed by atoms with Crippen molar-refractivity contribution in [1.82, 2.24) is 0 Å². The van der Waals surface area contributed by atoms with Crippen molar-refractivity contribution >= 4 is 24.9 Å². The Balaban J connectivity index is 2.45. The molecule has 22 heavy (non-hydrogen) atoms. The van der Waals surface area contributed by atoms with Crippen molar-refractivity contribution in [2.75, 3.05) is 5.32 Å². The zero-order valence-corrected chi connectivity index (χ0v) is 14.3. The molecule has 118 valence electrons. The summed E-state index contributed by atoms with van der Waals surface area (Å²) in [5, 5.41) is 3.50. The molecule has 0 aliphatic rings. The lowest BCUT2D eigenvalue weighted by Crippen LogP contribution is -2.13. The molecule has 0 heterocycles. The third-order valence-electron chi connectivity index (χ3n) is 3.66. The van der Waals surface area contributed by atoms with Gasteiger partial charge < -0.3 is 15.1 Å². The standard InChI is InChI=1S/C16H19ClNO3P/c1-10-8-12(3)15(9-11(10)2)16(22(19,20)21)18-14-6-4-13(17)5-7-14/h4-9,16,18H,1-3H3,(H2,19,20,21). The second-order valence-electron chi connectivity index (χ2n) is 5.44. The molecule has 2 rings (SSSR count). The number of anilines is 1. The van der Waals surface area contributed by atoms with Crippen molar-refractivity contribution in [3.05, 3.63) is 63.7 Å². The predicted molar refractivity (Wildman–Crippen MR) is 90.5 cm³/mol. The highest BCUT2D eigenvalue weighted by Crippen LogP contribution is 2.52. The summed E-state index contributed by atoms with van der Waals surface area (Å²) in [6, 6.07) is 10.5. The quantitative estimate of drug-likeness (QED) is 0.714. The molecule has 0 aliphatic heterocycles. The van der Waals surface area contributed by atoms with Gasteiger partial charge in [0.05, 0.1) is 0 Å². The van der Waals surface area contributed by atoms with Crippen LogP contribution in [0.2, 0.25) is 5.02 Å². The van der Waals surface area contributed by atoms with Crippen LogP contribution in [0.25, 0.3) is 0 Å². The fourth-order valence-corrected chi connectivity index (χ4v) is 3.41. The van der Waals surface area contributed by atoms with Crippen molar-refractivity contribution in [3.8, 4) is 0 Å². The normalized spacial score (nSPS) is 13.0. The summed E-state index contributed by atoms with van der Waals surface area (Å²) in [5.41, 5.74) is 4.15. The molecular formula is C16H19ClNO3P. The van der Waals surface area contributed by atoms with E-state index in [-0.39, 0.29) is 0 Å². The summed E-state index contributed by atoms with van der Waals surface area (Å²) in [6.45, 7) is 5.76. The summed E-state index contributed by atoms with van der Waals surface area (Å²) in [6.07, 6.45) is 0. The minimum Gasteiger partial charge on any atom is -0.368 e. The van der Waals surface area contributed by atoms with Crippen molar-refractivity contribution < 1.29 is 14.4 Å². The fraction of sp³-hybridized carbons (Fsp3) is 0.250. The highest BCUT2D eigenvalue weighted by molar-refractivity contribution is 7.52. The smallest absolute Gasteiger partial charge is 0.352 e. The van der Waals surface area contributed by atoms with E-state index in [4.69, 9.17) is 11.6 Å². The lowest BCUT2D eigenvalue weighted by atomic mass is 10.0. The molecule has 0 saturated heterocycles. The van der Waals surface area contributed by atoms with E-state index < -0.39 is 13.4 Å². The van der Waals surface area contributed by atoms with E-state index in [2.05, 4.69) is 5.32 Å². The average Bonchev–Trinajstić information content (AvgIpc) is 2.41. The SMILES string of the molecule is Cc1cc(C)c(C(Nc2ccc(Cl)cc2)P(=O)(O)O)cc1C. The molecule has 2 aromatic rings. The molecule has 1 unspecified atom stereocenters. The van der Waals surface area contributed by atoms with Gasteiger partial charge in [0.15, 0.2) is 5.78 Å². The Bertz CT molecular complexity index is 725. The van der Waals surface area contributed by atoms with Crippen LogP contribution in [-0.4, -0.2) is 9.79 Å². The van der Waals surface area contributed by atoms with E-state index in [1.165, 1.54) is 0 Å². The Morgan fingerprint density at radius 2 is 1.55 bits per heavy atom. The topological polar surface area (TPSA) is 69.6 Å². The molecule has 0 bridgehead atoms. The van der Waals surface area contributed by atoms with E-state index in [1.54, 1.807) is 24.3 Å². The minimum atomic E-state index is -4.38. The second kappa shape index (κ2) is 6.43. The maximum absolute atomic E-state index is 12.0. The molecule has 4 nitrogen and oxygen atoms in total. The average molecular weight is 340 g/mol. The van der Waals surface area contributed by atoms with Crippen molar-refractivity contribution in [2.24, 2.45) is 0 Å². The first-order valence-corrected chi connectivity index (χ1v) is 8.89. The van der Waals surface area contributed by atoms with Crippen molar-refractivity contribution in [1.29, 1.82) is 0 Å². The van der Waals surface area contributed by atoms with Crippen LogP contribution < -0.4 is 5.32 Å². The molecular weight excluding hydrogens is 321 g/mol. The van der Waals surface area contributed by atoms with Crippen LogP contribution in [0.1, 0.15) is 28.0 Å². The maximum Gasteiger partial charge on any atom is 0.352 e. The van der Waals surface area contributed by atoms with Gasteiger partial charge in [-0.2, -0.15) is 0 Å². The molecule has 0 radical (unpaired) electrons. The first-order chi connectivity index (χ1) is 10.2. The van der Waals surface area contributed by atoms with Crippen molar-refractivity contribution in [3.63, 3.8) is 0 Å². The summed E-state index contributed by atoms with van der Waals surface area (Å²) in [7, 11) is -4.38. The Morgan fingerprint density at radius 3 is 2.09 bits per heavy atom. The molecule has 0 spiro atoms. The summed E-state index contributed by atoms with van der Waals surface area (Å²) in [4.78, 5) is 19.5. The highest BCUT2D eigenvalue weighted by atomic mass is 35.5. The van der Waals surface area contributed by atoms with Crippen LogP contribution in [0.15, 0.2) is 36.4 Å². The van der Waals surface area contributed by atoms with Gasteiger partial charge in [-0.3, -0.25) is 4.57 Å². The lowest BCUT2D eigenvalue weighted by molar-refractivity contribution is 0.363. The first-order valence-electron chi connectivity index (χ1n) is 6.83. The van der Waals surface area contributed by atoms with Gasteiger partial charge in [-0.25, -0.2) is 0 Å². The van der Waals surface area contributed by atoms with E-state index in [0.717, 1.165) is 16.7 Å². The van der Waals surface area contributed by atoms with E-state index >= 15 is 0 Å². The number of halogens is 1. The van der Waals surface area contributed by atoms with E-state index in [0.29, 0.717) is 16.3 Å². The molecule has 0 aromatic heterocycles. The number of benzene rings is 2. The molecule has 1 atom stereocenters. The van der Waals surface area contributed by atoms with E-state index in [9.17, 15) is 14.4 Å². The monoisotopic (exact) mass is 339 g/mol. The van der Waals surface area contributed by atoms with Crippen molar-refractivity contribution in [2.45, 2.75) is 26.6 Å². The summed E-state index contributed by atoms with van der Waals surface area (Å²) in [5.74, 6) is -1.09. The largest absolute Gasteiger partial charge is 0.368 e. The van der Waals surface area contributed by atoms with Gasteiger partial charge in [0, 0.05) is 10.7 Å². The number of hydrogen-bond acceptors (Lipinski definition) is 2. The van der Waals surface area contributed by atoms with Crippen LogP contribution in [0, 0.1) is 20.8 Å². The van der Waals surface area contributed by atoms with Crippen LogP contribution in [0.4, 0.5) is 5.69 Å². The molecule has 0 fully saturated rings. The zero-order chi connectivity index (χ0) is 16.5. The molecule has 0 aliphatic carbocycles. The Morgan fingerprint density at radius 1 is 1.00 bits per heavy atom. The first kappa shape index (κ1) is 17.0. The second-order valence-corrected chi connectivity index (χ2v) is 7.57. The highest BCUT2D eigenvalue weighted by Gasteiger charge is 2.31. The number of hydrogen-bond donors (Lipinski definition) is 3. The van der Waals surface area contributed by atoms with E-state index in [1.807, 2.05) is 32.9 Å². The number of rotatable bonds is 4. The summed E-state index contributed by atoms with van der Waals surface area (Å²) >= 11 is 5.84. The van der Waals surface area contributed by atoms with Gasteiger partial charge in [0.25, 0.3) is 0 Å². The minimum absolute atomic E-state index is 0.570. The lowest BCUT2D eigenvalue weighted by Gasteiger charge is -2.24. The zero-order valence-electron chi connectivity index (χ0n) is 12.7. The predicted octanol–water partition coefficient (Wildman–Crippen LogP) is 4.55. The maximum atomic E-state index is 12.0. The Labute approximate surface area is 135 Å². The van der Waals surface area contributed by atoms with Gasteiger partial charge in [0.2, 0.25) is 0 Å². The molecule has 2 aromatic carbocycles. The number of aryl methyl sites for hydroxylation is 3. The Kier molecular flexibility index (Phi) is 4.98. The fourth-order valence-electron chi connectivity index (χ4n) is 2.32. The molecule has 0 saturated carbocycles. The molecule has 3 N–H and O–H groups in total. The van der Waals surface area contributed by atoms with Crippen LogP contribution in [0.3, 0.4) is 0 Å². The van der Waals surface area contributed by atoms with Gasteiger partial charge in [-0.1, -0.05) is 23.7 Å². The molecule has 0 amide bonds. The third-order valence-corrected chi connectivity index (χ3v) is 4.99.